The molecule has 0 saturated carbocycles. The van der Waals surface area contributed by atoms with Crippen molar-refractivity contribution < 1.29 is 28.3 Å². The number of carbonyl (C=O) groups is 1. The highest BCUT2D eigenvalue weighted by Gasteiger charge is 2.59. The number of hydrogen-bond donors (Lipinski definition) is 1. The average molecular weight is 296 g/mol. The van der Waals surface area contributed by atoms with E-state index in [4.69, 9.17) is 4.74 Å². The van der Waals surface area contributed by atoms with Gasteiger partial charge in [-0.1, -0.05) is 0 Å². The second-order valence-corrected chi connectivity index (χ2v) is 5.79. The Bertz CT molecular complexity index is 399. The molecule has 0 bridgehead atoms. The summed E-state index contributed by atoms with van der Waals surface area (Å²) >= 11 is 0. The number of alkyl halides is 2. The van der Waals surface area contributed by atoms with Crippen LogP contribution < -0.4 is 0 Å². The van der Waals surface area contributed by atoms with Crippen molar-refractivity contribution in [2.24, 2.45) is 0 Å². The quantitative estimate of drug-likeness (QED) is 0.625. The highest BCUT2D eigenvalue weighted by molar-refractivity contribution is 5.68. The number of aliphatic hydroxyl groups excluding tert-OH is 1. The lowest BCUT2D eigenvalue weighted by atomic mass is 9.92. The predicted molar refractivity (Wildman–Crippen MR) is 64.2 cm³/mol. The molecule has 0 aromatic rings. The number of aliphatic hydroxyl groups is 1. The molecular weight excluding hydrogens is 278 g/mol. The molecular formula is C11H18F2N2O5. The number of nitro groups is 1. The summed E-state index contributed by atoms with van der Waals surface area (Å²) in [5.41, 5.74) is -3.04. The van der Waals surface area contributed by atoms with Crippen molar-refractivity contribution in [1.82, 2.24) is 4.90 Å². The van der Waals surface area contributed by atoms with Gasteiger partial charge < -0.3 is 14.7 Å². The van der Waals surface area contributed by atoms with Gasteiger partial charge >= 0.3 is 6.09 Å². The standard InChI is InChI=1S/C11H18F2N2O5/c1-10(2,3)20-9(17)14-5-4-11(6-14,15(18)19)7(16)8(12)13/h7-8,16H,4-6H2,1-3H3. The number of nitrogens with zero attached hydrogens (tertiary/aromatic N) is 2. The molecule has 7 nitrogen and oxygen atoms in total. The summed E-state index contributed by atoms with van der Waals surface area (Å²) in [4.78, 5) is 22.9. The molecule has 1 fully saturated rings. The van der Waals surface area contributed by atoms with Crippen LogP contribution in [0.2, 0.25) is 0 Å². The lowest BCUT2D eigenvalue weighted by Crippen LogP contribution is -2.55. The van der Waals surface area contributed by atoms with Gasteiger partial charge in [0.15, 0.2) is 6.10 Å². The third-order valence-electron chi connectivity index (χ3n) is 3.08. The van der Waals surface area contributed by atoms with Gasteiger partial charge in [0.2, 0.25) is 0 Å². The third kappa shape index (κ3) is 3.33. The van der Waals surface area contributed by atoms with Crippen LogP contribution in [0.3, 0.4) is 0 Å². The number of likely N-dealkylation sites (tertiary alicyclic amines) is 1. The molecule has 1 aliphatic heterocycles. The topological polar surface area (TPSA) is 92.9 Å². The van der Waals surface area contributed by atoms with E-state index in [1.807, 2.05) is 0 Å². The molecule has 116 valence electrons. The lowest BCUT2D eigenvalue weighted by molar-refractivity contribution is -0.581. The first-order valence-electron chi connectivity index (χ1n) is 6.08. The van der Waals surface area contributed by atoms with E-state index in [2.05, 4.69) is 0 Å². The number of rotatable bonds is 3. The van der Waals surface area contributed by atoms with Gasteiger partial charge in [-0.05, 0) is 20.8 Å². The van der Waals surface area contributed by atoms with Gasteiger partial charge in [-0.25, -0.2) is 13.6 Å². The van der Waals surface area contributed by atoms with Crippen molar-refractivity contribution in [3.63, 3.8) is 0 Å². The van der Waals surface area contributed by atoms with Crippen molar-refractivity contribution in [1.29, 1.82) is 0 Å². The van der Waals surface area contributed by atoms with E-state index in [0.717, 1.165) is 4.90 Å². The van der Waals surface area contributed by atoms with E-state index < -0.39 is 41.2 Å². The highest BCUT2D eigenvalue weighted by atomic mass is 19.3. The Morgan fingerprint density at radius 2 is 2.05 bits per heavy atom. The Hall–Kier alpha value is -1.51. The number of carbonyl (C=O) groups excluding carboxylic acids is 1. The van der Waals surface area contributed by atoms with Crippen molar-refractivity contribution >= 4 is 6.09 Å². The van der Waals surface area contributed by atoms with Crippen LogP contribution >= 0.6 is 0 Å². The number of halogens is 2. The van der Waals surface area contributed by atoms with Crippen molar-refractivity contribution in [2.45, 2.75) is 50.9 Å². The van der Waals surface area contributed by atoms with Gasteiger partial charge in [0, 0.05) is 17.9 Å². The number of ether oxygens (including phenoxy) is 1. The molecule has 0 spiro atoms. The SMILES string of the molecule is CC(C)(C)OC(=O)N1CCC(C(O)C(F)F)([N+](=O)[O-])C1. The van der Waals surface area contributed by atoms with Crippen molar-refractivity contribution in [3.05, 3.63) is 10.1 Å². The van der Waals surface area contributed by atoms with Gasteiger partial charge in [0.1, 0.15) is 5.60 Å². The first kappa shape index (κ1) is 16.5. The molecule has 0 aromatic heterocycles. The minimum atomic E-state index is -3.25. The molecule has 1 amide bonds. The van der Waals surface area contributed by atoms with Crippen molar-refractivity contribution in [3.8, 4) is 0 Å². The Kier molecular flexibility index (Phi) is 4.52. The fourth-order valence-electron chi connectivity index (χ4n) is 2.03. The van der Waals surface area contributed by atoms with E-state index in [1.165, 1.54) is 0 Å². The van der Waals surface area contributed by atoms with Crippen LogP contribution in [0.5, 0.6) is 0 Å². The van der Waals surface area contributed by atoms with Crippen molar-refractivity contribution in [2.75, 3.05) is 13.1 Å². The van der Waals surface area contributed by atoms with Gasteiger partial charge in [-0.3, -0.25) is 10.1 Å². The van der Waals surface area contributed by atoms with Crippen LogP contribution in [-0.4, -0.2) is 57.8 Å². The number of hydrogen-bond acceptors (Lipinski definition) is 5. The zero-order valence-corrected chi connectivity index (χ0v) is 11.5. The van der Waals surface area contributed by atoms with E-state index in [-0.39, 0.29) is 13.0 Å². The van der Waals surface area contributed by atoms with Crippen LogP contribution in [0.4, 0.5) is 13.6 Å². The monoisotopic (exact) mass is 296 g/mol. The average Bonchev–Trinajstić information content (AvgIpc) is 2.71. The fourth-order valence-corrected chi connectivity index (χ4v) is 2.03. The molecule has 1 N–H and O–H groups in total. The summed E-state index contributed by atoms with van der Waals surface area (Å²) in [6.07, 6.45) is -6.84. The highest BCUT2D eigenvalue weighted by Crippen LogP contribution is 2.32. The first-order chi connectivity index (χ1) is 8.99. The molecule has 2 atom stereocenters. The predicted octanol–water partition coefficient (Wildman–Crippen LogP) is 1.27. The van der Waals surface area contributed by atoms with Crippen LogP contribution in [0, 0.1) is 10.1 Å². The maximum atomic E-state index is 12.6. The van der Waals surface area contributed by atoms with Crippen LogP contribution in [0.25, 0.3) is 0 Å². The number of amides is 1. The lowest BCUT2D eigenvalue weighted by Gasteiger charge is -2.27. The van der Waals surface area contributed by atoms with Crippen LogP contribution in [0.15, 0.2) is 0 Å². The van der Waals surface area contributed by atoms with Gasteiger partial charge in [-0.2, -0.15) is 0 Å². The molecule has 0 radical (unpaired) electrons. The zero-order chi connectivity index (χ0) is 15.7. The Morgan fingerprint density at radius 3 is 2.45 bits per heavy atom. The van der Waals surface area contributed by atoms with E-state index in [1.54, 1.807) is 20.8 Å². The second kappa shape index (κ2) is 5.47. The largest absolute Gasteiger partial charge is 0.444 e. The molecule has 1 rings (SSSR count). The Balaban J connectivity index is 2.86. The minimum Gasteiger partial charge on any atom is -0.444 e. The minimum absolute atomic E-state index is 0.111. The van der Waals surface area contributed by atoms with Crippen LogP contribution in [-0.2, 0) is 4.74 Å². The molecule has 1 saturated heterocycles. The van der Waals surface area contributed by atoms with Crippen LogP contribution in [0.1, 0.15) is 27.2 Å². The summed E-state index contributed by atoms with van der Waals surface area (Å²) in [7, 11) is 0. The molecule has 1 heterocycles. The second-order valence-electron chi connectivity index (χ2n) is 5.79. The molecule has 1 aliphatic rings. The molecule has 20 heavy (non-hydrogen) atoms. The fraction of sp³-hybridized carbons (Fsp3) is 0.909. The smallest absolute Gasteiger partial charge is 0.410 e. The van der Waals surface area contributed by atoms with Gasteiger partial charge in [0.25, 0.3) is 12.0 Å². The summed E-state index contributed by atoms with van der Waals surface area (Å²) in [5.74, 6) is 0. The Labute approximate surface area is 114 Å². The van der Waals surface area contributed by atoms with E-state index in [0.29, 0.717) is 0 Å². The third-order valence-corrected chi connectivity index (χ3v) is 3.08. The summed E-state index contributed by atoms with van der Waals surface area (Å²) in [6.45, 7) is 4.15. The molecule has 0 aliphatic carbocycles. The summed E-state index contributed by atoms with van der Waals surface area (Å²) < 4.78 is 30.2. The normalized spacial score (nSPS) is 24.9. The maximum absolute atomic E-state index is 12.6. The van der Waals surface area contributed by atoms with Gasteiger partial charge in [0.05, 0.1) is 6.54 Å². The van der Waals surface area contributed by atoms with E-state index >= 15 is 0 Å². The van der Waals surface area contributed by atoms with E-state index in [9.17, 15) is 28.8 Å². The molecule has 2 unspecified atom stereocenters. The Morgan fingerprint density at radius 1 is 1.50 bits per heavy atom. The molecule has 9 heteroatoms. The maximum Gasteiger partial charge on any atom is 0.410 e. The summed E-state index contributed by atoms with van der Waals surface area (Å²) in [5, 5.41) is 20.5. The zero-order valence-electron chi connectivity index (χ0n) is 11.5. The van der Waals surface area contributed by atoms with Gasteiger partial charge in [-0.15, -0.1) is 0 Å². The molecule has 0 aromatic carbocycles. The first-order valence-corrected chi connectivity index (χ1v) is 6.08. The summed E-state index contributed by atoms with van der Waals surface area (Å²) in [6, 6.07) is 0.